The molecule has 1 rings (SSSR count). The van der Waals surface area contributed by atoms with Crippen LogP contribution in [0.3, 0.4) is 0 Å². The summed E-state index contributed by atoms with van der Waals surface area (Å²) in [7, 11) is 0. The number of aromatic carboxylic acids is 1. The van der Waals surface area contributed by atoms with Crippen LogP contribution in [0.4, 0.5) is 0 Å². The third kappa shape index (κ3) is 2.58. The largest absolute Gasteiger partial charge is 0.476 e. The van der Waals surface area contributed by atoms with E-state index in [-0.39, 0.29) is 11.6 Å². The third-order valence-electron chi connectivity index (χ3n) is 1.99. The number of hydrogen-bond acceptors (Lipinski definition) is 3. The zero-order chi connectivity index (χ0) is 10.7. The highest BCUT2D eigenvalue weighted by atomic mass is 16.4. The number of carboxylic acids is 1. The molecule has 0 unspecified atom stereocenters. The lowest BCUT2D eigenvalue weighted by molar-refractivity contribution is 0.0690. The number of oxazole rings is 1. The number of hydrogen-bond donors (Lipinski definition) is 1. The molecule has 1 atom stereocenters. The van der Waals surface area contributed by atoms with Gasteiger partial charge >= 0.3 is 5.97 Å². The molecule has 1 aromatic heterocycles. The van der Waals surface area contributed by atoms with Gasteiger partial charge in [-0.25, -0.2) is 9.78 Å². The van der Waals surface area contributed by atoms with Crippen LogP contribution in [-0.4, -0.2) is 16.1 Å². The summed E-state index contributed by atoms with van der Waals surface area (Å²) in [6.07, 6.45) is 2.13. The van der Waals surface area contributed by atoms with Gasteiger partial charge in [-0.2, -0.15) is 0 Å². The summed E-state index contributed by atoms with van der Waals surface area (Å²) >= 11 is 0. The van der Waals surface area contributed by atoms with Crippen molar-refractivity contribution in [3.63, 3.8) is 0 Å². The number of nitrogens with zero attached hydrogens (tertiary/aromatic N) is 1. The van der Waals surface area contributed by atoms with E-state index in [1.54, 1.807) is 0 Å². The molecule has 1 heterocycles. The number of carbonyl (C=O) groups is 1. The summed E-state index contributed by atoms with van der Waals surface area (Å²) < 4.78 is 5.10. The van der Waals surface area contributed by atoms with E-state index in [1.165, 1.54) is 6.26 Å². The molecule has 0 saturated carbocycles. The summed E-state index contributed by atoms with van der Waals surface area (Å²) in [5.41, 5.74) is -0.0180. The lowest BCUT2D eigenvalue weighted by atomic mass is 9.99. The maximum atomic E-state index is 10.5. The molecule has 1 N–H and O–H groups in total. The van der Waals surface area contributed by atoms with Gasteiger partial charge in [0.1, 0.15) is 6.26 Å². The zero-order valence-electron chi connectivity index (χ0n) is 8.65. The summed E-state index contributed by atoms with van der Waals surface area (Å²) in [5, 5.41) is 8.64. The van der Waals surface area contributed by atoms with Gasteiger partial charge in [0.15, 0.2) is 11.6 Å². The highest BCUT2D eigenvalue weighted by Gasteiger charge is 2.16. The monoisotopic (exact) mass is 197 g/mol. The van der Waals surface area contributed by atoms with Gasteiger partial charge in [0, 0.05) is 5.92 Å². The molecule has 14 heavy (non-hydrogen) atoms. The minimum Gasteiger partial charge on any atom is -0.476 e. The lowest BCUT2D eigenvalue weighted by Gasteiger charge is -2.09. The molecule has 0 spiro atoms. The summed E-state index contributed by atoms with van der Waals surface area (Å²) in [6, 6.07) is 0. The van der Waals surface area contributed by atoms with Crippen molar-refractivity contribution in [1.29, 1.82) is 0 Å². The highest BCUT2D eigenvalue weighted by Crippen LogP contribution is 2.22. The molecule has 0 amide bonds. The molecule has 0 aliphatic rings. The summed E-state index contributed by atoms with van der Waals surface area (Å²) in [5.74, 6) is 0.182. The van der Waals surface area contributed by atoms with Crippen LogP contribution in [0.5, 0.6) is 0 Å². The Hall–Kier alpha value is -1.32. The molecular formula is C10H15NO3. The van der Waals surface area contributed by atoms with Gasteiger partial charge in [-0.3, -0.25) is 0 Å². The van der Waals surface area contributed by atoms with Gasteiger partial charge in [-0.1, -0.05) is 20.8 Å². The number of rotatable bonds is 4. The molecule has 0 radical (unpaired) electrons. The Morgan fingerprint density at radius 2 is 2.21 bits per heavy atom. The standard InChI is InChI=1S/C10H15NO3/c1-6(2)4-7(3)9-11-8(5-14-9)10(12)13/h5-7H,4H2,1-3H3,(H,12,13)/t7-/m1/s1. The predicted octanol–water partition coefficient (Wildman–Crippen LogP) is 2.52. The average Bonchev–Trinajstić information content (AvgIpc) is 2.50. The van der Waals surface area contributed by atoms with Crippen LogP contribution in [0.1, 0.15) is 49.5 Å². The minimum absolute atomic E-state index is 0.0180. The van der Waals surface area contributed by atoms with E-state index in [1.807, 2.05) is 6.92 Å². The fourth-order valence-electron chi connectivity index (χ4n) is 1.42. The van der Waals surface area contributed by atoms with Gasteiger partial charge < -0.3 is 9.52 Å². The Morgan fingerprint density at radius 3 is 2.64 bits per heavy atom. The van der Waals surface area contributed by atoms with Gasteiger partial charge in [0.05, 0.1) is 0 Å². The van der Waals surface area contributed by atoms with Crippen LogP contribution < -0.4 is 0 Å². The first-order valence-corrected chi connectivity index (χ1v) is 4.69. The molecule has 0 saturated heterocycles. The Balaban J connectivity index is 2.71. The maximum Gasteiger partial charge on any atom is 0.357 e. The highest BCUT2D eigenvalue weighted by molar-refractivity contribution is 5.84. The third-order valence-corrected chi connectivity index (χ3v) is 1.99. The average molecular weight is 197 g/mol. The minimum atomic E-state index is -1.04. The second-order valence-electron chi connectivity index (χ2n) is 3.91. The van der Waals surface area contributed by atoms with Crippen molar-refractivity contribution >= 4 is 5.97 Å². The van der Waals surface area contributed by atoms with Gasteiger partial charge in [0.2, 0.25) is 0 Å². The van der Waals surface area contributed by atoms with Gasteiger partial charge in [-0.15, -0.1) is 0 Å². The van der Waals surface area contributed by atoms with Gasteiger partial charge in [0.25, 0.3) is 0 Å². The molecule has 1 aromatic rings. The van der Waals surface area contributed by atoms with Crippen molar-refractivity contribution < 1.29 is 14.3 Å². The smallest absolute Gasteiger partial charge is 0.357 e. The summed E-state index contributed by atoms with van der Waals surface area (Å²) in [6.45, 7) is 6.20. The van der Waals surface area contributed by atoms with Crippen LogP contribution in [-0.2, 0) is 0 Å². The molecule has 0 aromatic carbocycles. The Labute approximate surface area is 83.0 Å². The zero-order valence-corrected chi connectivity index (χ0v) is 8.65. The van der Waals surface area contributed by atoms with Crippen molar-refractivity contribution in [2.24, 2.45) is 5.92 Å². The first-order chi connectivity index (χ1) is 6.50. The van der Waals surface area contributed by atoms with Crippen molar-refractivity contribution in [1.82, 2.24) is 4.98 Å². The first kappa shape index (κ1) is 10.8. The molecule has 0 bridgehead atoms. The van der Waals surface area contributed by atoms with E-state index in [0.29, 0.717) is 11.8 Å². The Morgan fingerprint density at radius 1 is 1.57 bits per heavy atom. The van der Waals surface area contributed by atoms with E-state index in [4.69, 9.17) is 9.52 Å². The van der Waals surface area contributed by atoms with E-state index in [9.17, 15) is 4.79 Å². The molecule has 78 valence electrons. The van der Waals surface area contributed by atoms with Crippen molar-refractivity contribution in [3.05, 3.63) is 17.8 Å². The Kier molecular flexibility index (Phi) is 3.28. The Bertz CT molecular complexity index is 317. The normalized spacial score (nSPS) is 13.1. The molecule has 4 heteroatoms. The van der Waals surface area contributed by atoms with E-state index in [0.717, 1.165) is 6.42 Å². The van der Waals surface area contributed by atoms with Crippen LogP contribution in [0, 0.1) is 5.92 Å². The number of carboxylic acid groups (broad SMARTS) is 1. The van der Waals surface area contributed by atoms with Crippen molar-refractivity contribution in [3.8, 4) is 0 Å². The molecular weight excluding hydrogens is 182 g/mol. The van der Waals surface area contributed by atoms with Crippen LogP contribution in [0.2, 0.25) is 0 Å². The maximum absolute atomic E-state index is 10.5. The predicted molar refractivity (Wildman–Crippen MR) is 51.3 cm³/mol. The summed E-state index contributed by atoms with van der Waals surface area (Å²) in [4.78, 5) is 14.4. The SMILES string of the molecule is CC(C)C[C@@H](C)c1nc(C(=O)O)co1. The van der Waals surface area contributed by atoms with Gasteiger partial charge in [-0.05, 0) is 12.3 Å². The fraction of sp³-hybridized carbons (Fsp3) is 0.600. The van der Waals surface area contributed by atoms with Crippen molar-refractivity contribution in [2.75, 3.05) is 0 Å². The molecule has 0 aliphatic carbocycles. The van der Waals surface area contributed by atoms with E-state index in [2.05, 4.69) is 18.8 Å². The molecule has 0 fully saturated rings. The number of aromatic nitrogens is 1. The fourth-order valence-corrected chi connectivity index (χ4v) is 1.42. The van der Waals surface area contributed by atoms with Crippen LogP contribution in [0.25, 0.3) is 0 Å². The molecule has 0 aliphatic heterocycles. The van der Waals surface area contributed by atoms with Crippen molar-refractivity contribution in [2.45, 2.75) is 33.1 Å². The molecule has 4 nitrogen and oxygen atoms in total. The van der Waals surface area contributed by atoms with E-state index >= 15 is 0 Å². The van der Waals surface area contributed by atoms with E-state index < -0.39 is 5.97 Å². The topological polar surface area (TPSA) is 63.3 Å². The second-order valence-corrected chi connectivity index (χ2v) is 3.91. The quantitative estimate of drug-likeness (QED) is 0.805. The second kappa shape index (κ2) is 4.26. The van der Waals surface area contributed by atoms with Crippen LogP contribution >= 0.6 is 0 Å². The first-order valence-electron chi connectivity index (χ1n) is 4.69. The lowest BCUT2D eigenvalue weighted by Crippen LogP contribution is -2.01. The van der Waals surface area contributed by atoms with Crippen LogP contribution in [0.15, 0.2) is 10.7 Å².